The Labute approximate surface area is 168 Å². The molecule has 0 unspecified atom stereocenters. The summed E-state index contributed by atoms with van der Waals surface area (Å²) in [5, 5.41) is 2.79. The Morgan fingerprint density at radius 2 is 1.61 bits per heavy atom. The number of rotatable bonds is 3. The zero-order chi connectivity index (χ0) is 19.4. The molecule has 0 amide bonds. The highest BCUT2D eigenvalue weighted by molar-refractivity contribution is 6.26. The van der Waals surface area contributed by atoms with E-state index in [1.165, 1.54) is 69.8 Å². The molecule has 1 saturated carbocycles. The molecule has 1 heterocycles. The summed E-state index contributed by atoms with van der Waals surface area (Å²) in [6.45, 7) is 8.97. The number of benzene rings is 3. The molecule has 3 aromatic rings. The number of hydrogen-bond donors (Lipinski definition) is 0. The van der Waals surface area contributed by atoms with Gasteiger partial charge in [0, 0.05) is 16.5 Å². The van der Waals surface area contributed by atoms with Crippen molar-refractivity contribution in [2.45, 2.75) is 65.2 Å². The molecule has 3 aromatic carbocycles. The molecule has 28 heavy (non-hydrogen) atoms. The van der Waals surface area contributed by atoms with Gasteiger partial charge in [0.25, 0.3) is 0 Å². The topological polar surface area (TPSA) is 12.4 Å². The van der Waals surface area contributed by atoms with Crippen LogP contribution in [0, 0.1) is 13.8 Å². The van der Waals surface area contributed by atoms with E-state index in [0.29, 0.717) is 11.8 Å². The second-order valence-corrected chi connectivity index (χ2v) is 9.14. The number of hydrogen-bond acceptors (Lipinski definition) is 1. The normalized spacial score (nSPS) is 16.4. The minimum Gasteiger partial charge on any atom is -0.247 e. The fourth-order valence-electron chi connectivity index (χ4n) is 5.30. The van der Waals surface area contributed by atoms with Gasteiger partial charge in [-0.05, 0) is 79.3 Å². The molecule has 1 aliphatic carbocycles. The molecule has 2 aliphatic rings. The summed E-state index contributed by atoms with van der Waals surface area (Å²) in [6, 6.07) is 16.3. The summed E-state index contributed by atoms with van der Waals surface area (Å²) >= 11 is 0. The van der Waals surface area contributed by atoms with Crippen molar-refractivity contribution >= 4 is 22.2 Å². The molecule has 0 spiro atoms. The molecular formula is C27H29N. The van der Waals surface area contributed by atoms with E-state index in [-0.39, 0.29) is 0 Å². The van der Waals surface area contributed by atoms with Crippen LogP contribution < -0.4 is 0 Å². The van der Waals surface area contributed by atoms with Crippen LogP contribution in [0.25, 0.3) is 10.8 Å². The van der Waals surface area contributed by atoms with Crippen molar-refractivity contribution in [1.29, 1.82) is 0 Å². The molecule has 142 valence electrons. The van der Waals surface area contributed by atoms with Crippen LogP contribution >= 0.6 is 0 Å². The van der Waals surface area contributed by atoms with Crippen LogP contribution in [0.3, 0.4) is 0 Å². The predicted molar refractivity (Wildman–Crippen MR) is 120 cm³/mol. The lowest BCUT2D eigenvalue weighted by molar-refractivity contribution is 0.724. The Kier molecular flexibility index (Phi) is 4.16. The van der Waals surface area contributed by atoms with Gasteiger partial charge in [-0.2, -0.15) is 0 Å². The Bertz CT molecular complexity index is 1090. The monoisotopic (exact) mass is 367 g/mol. The second kappa shape index (κ2) is 6.58. The maximum absolute atomic E-state index is 5.13. The maximum Gasteiger partial charge on any atom is 0.0789 e. The molecule has 1 heteroatoms. The van der Waals surface area contributed by atoms with Gasteiger partial charge in [0.15, 0.2) is 0 Å². The average molecular weight is 368 g/mol. The summed E-state index contributed by atoms with van der Waals surface area (Å²) < 4.78 is 0. The molecule has 0 atom stereocenters. The second-order valence-electron chi connectivity index (χ2n) is 9.14. The highest BCUT2D eigenvalue weighted by Crippen LogP contribution is 2.44. The largest absolute Gasteiger partial charge is 0.247 e. The Balaban J connectivity index is 1.78. The first kappa shape index (κ1) is 17.7. The first-order chi connectivity index (χ1) is 13.5. The molecule has 0 bridgehead atoms. The number of aliphatic imine (C=N–C) groups is 1. The highest BCUT2D eigenvalue weighted by atomic mass is 14.8. The quantitative estimate of drug-likeness (QED) is 0.351. The van der Waals surface area contributed by atoms with E-state index in [9.17, 15) is 0 Å². The van der Waals surface area contributed by atoms with Crippen LogP contribution in [0.5, 0.6) is 0 Å². The standard InChI is InChI=1S/C27H29N/c1-16(2)22-9-10-25-26-23(22)14-20(19-7-5-6-8-19)15-24(26)27(28-25)21-12-17(3)11-18(4)13-21/h9-16,19H,5-8H2,1-4H3. The third-order valence-corrected chi connectivity index (χ3v) is 6.58. The van der Waals surface area contributed by atoms with Gasteiger partial charge in [-0.3, -0.25) is 0 Å². The SMILES string of the molecule is Cc1cc(C)cc(C2=Nc3ccc(C(C)C)c4cc(C5CCCC5)cc2c34)c1. The van der Waals surface area contributed by atoms with Crippen LogP contribution in [0.4, 0.5) is 5.69 Å². The van der Waals surface area contributed by atoms with Crippen molar-refractivity contribution in [3.05, 3.63) is 75.8 Å². The van der Waals surface area contributed by atoms with E-state index in [4.69, 9.17) is 4.99 Å². The lowest BCUT2D eigenvalue weighted by Crippen LogP contribution is -2.04. The Morgan fingerprint density at radius 3 is 2.29 bits per heavy atom. The lowest BCUT2D eigenvalue weighted by atomic mass is 9.86. The molecule has 0 aromatic heterocycles. The van der Waals surface area contributed by atoms with Crippen LogP contribution in [0.1, 0.15) is 84.7 Å². The van der Waals surface area contributed by atoms with E-state index >= 15 is 0 Å². The van der Waals surface area contributed by atoms with E-state index in [1.807, 2.05) is 0 Å². The smallest absolute Gasteiger partial charge is 0.0789 e. The molecular weight excluding hydrogens is 338 g/mol. The van der Waals surface area contributed by atoms with Gasteiger partial charge in [0.05, 0.1) is 11.4 Å². The molecule has 0 radical (unpaired) electrons. The van der Waals surface area contributed by atoms with E-state index in [1.54, 1.807) is 0 Å². The van der Waals surface area contributed by atoms with Crippen LogP contribution in [-0.4, -0.2) is 5.71 Å². The van der Waals surface area contributed by atoms with Crippen molar-refractivity contribution < 1.29 is 0 Å². The minimum absolute atomic E-state index is 0.519. The van der Waals surface area contributed by atoms with Crippen LogP contribution in [-0.2, 0) is 0 Å². The maximum atomic E-state index is 5.13. The molecule has 0 saturated heterocycles. The summed E-state index contributed by atoms with van der Waals surface area (Å²) in [6.07, 6.45) is 5.40. The van der Waals surface area contributed by atoms with Gasteiger partial charge < -0.3 is 0 Å². The van der Waals surface area contributed by atoms with Gasteiger partial charge in [-0.25, -0.2) is 4.99 Å². The third-order valence-electron chi connectivity index (χ3n) is 6.58. The van der Waals surface area contributed by atoms with Crippen LogP contribution in [0.15, 0.2) is 47.5 Å². The predicted octanol–water partition coefficient (Wildman–Crippen LogP) is 7.72. The van der Waals surface area contributed by atoms with Gasteiger partial charge >= 0.3 is 0 Å². The van der Waals surface area contributed by atoms with Crippen molar-refractivity contribution in [1.82, 2.24) is 0 Å². The first-order valence-corrected chi connectivity index (χ1v) is 10.8. The zero-order valence-corrected chi connectivity index (χ0v) is 17.5. The minimum atomic E-state index is 0.519. The van der Waals surface area contributed by atoms with Crippen LogP contribution in [0.2, 0.25) is 0 Å². The molecule has 1 aliphatic heterocycles. The lowest BCUT2D eigenvalue weighted by Gasteiger charge is -2.17. The van der Waals surface area contributed by atoms with Crippen molar-refractivity contribution in [2.75, 3.05) is 0 Å². The summed E-state index contributed by atoms with van der Waals surface area (Å²) in [5.74, 6) is 1.23. The average Bonchev–Trinajstić information content (AvgIpc) is 3.30. The zero-order valence-electron chi connectivity index (χ0n) is 17.5. The van der Waals surface area contributed by atoms with Crippen molar-refractivity contribution in [2.24, 2.45) is 4.99 Å². The van der Waals surface area contributed by atoms with Gasteiger partial charge in [0.1, 0.15) is 0 Å². The summed E-state index contributed by atoms with van der Waals surface area (Å²) in [4.78, 5) is 5.13. The fourth-order valence-corrected chi connectivity index (χ4v) is 5.30. The number of aryl methyl sites for hydroxylation is 2. The van der Waals surface area contributed by atoms with E-state index in [0.717, 1.165) is 11.4 Å². The van der Waals surface area contributed by atoms with Gasteiger partial charge in [-0.15, -0.1) is 0 Å². The fraction of sp³-hybridized carbons (Fsp3) is 0.370. The van der Waals surface area contributed by atoms with Crippen molar-refractivity contribution in [3.8, 4) is 0 Å². The number of nitrogens with zero attached hydrogens (tertiary/aromatic N) is 1. The summed E-state index contributed by atoms with van der Waals surface area (Å²) in [7, 11) is 0. The molecule has 1 fully saturated rings. The van der Waals surface area contributed by atoms with E-state index in [2.05, 4.69) is 70.2 Å². The first-order valence-electron chi connectivity index (χ1n) is 10.8. The third kappa shape index (κ3) is 2.80. The van der Waals surface area contributed by atoms with E-state index < -0.39 is 0 Å². The highest BCUT2D eigenvalue weighted by Gasteiger charge is 2.26. The molecule has 5 rings (SSSR count). The molecule has 0 N–H and O–H groups in total. The van der Waals surface area contributed by atoms with Crippen molar-refractivity contribution in [3.63, 3.8) is 0 Å². The Morgan fingerprint density at radius 1 is 0.893 bits per heavy atom. The van der Waals surface area contributed by atoms with Gasteiger partial charge in [0.2, 0.25) is 0 Å². The molecule has 1 nitrogen and oxygen atoms in total. The summed E-state index contributed by atoms with van der Waals surface area (Å²) in [5.41, 5.74) is 10.5. The Hall–Kier alpha value is -2.41. The van der Waals surface area contributed by atoms with Gasteiger partial charge in [-0.1, -0.05) is 56.0 Å².